The summed E-state index contributed by atoms with van der Waals surface area (Å²) in [6.45, 7) is 6.52. The summed E-state index contributed by atoms with van der Waals surface area (Å²) in [7, 11) is 0. The van der Waals surface area contributed by atoms with Gasteiger partial charge in [0.1, 0.15) is 6.04 Å². The second kappa shape index (κ2) is 4.42. The summed E-state index contributed by atoms with van der Waals surface area (Å²) in [4.78, 5) is 11.3. The molecule has 4 nitrogen and oxygen atoms in total. The zero-order valence-corrected chi connectivity index (χ0v) is 7.76. The van der Waals surface area contributed by atoms with E-state index in [2.05, 4.69) is 10.7 Å². The molecule has 0 aromatic rings. The fraction of sp³-hybridized carbons (Fsp3) is 0.875. The zero-order chi connectivity index (χ0) is 8.97. The van der Waals surface area contributed by atoms with Crippen molar-refractivity contribution in [2.45, 2.75) is 26.3 Å². The molecule has 1 rings (SSSR count). The molecule has 0 aromatic carbocycles. The van der Waals surface area contributed by atoms with E-state index in [-0.39, 0.29) is 11.9 Å². The fourth-order valence-corrected chi connectivity index (χ4v) is 1.35. The third kappa shape index (κ3) is 2.19. The molecular formula is C8H17N3O. The Labute approximate surface area is 73.3 Å². The van der Waals surface area contributed by atoms with Crippen molar-refractivity contribution in [2.24, 2.45) is 0 Å². The summed E-state index contributed by atoms with van der Waals surface area (Å²) in [6.07, 6.45) is 1.13. The van der Waals surface area contributed by atoms with Crippen LogP contribution in [0.4, 0.5) is 0 Å². The van der Waals surface area contributed by atoms with Gasteiger partial charge in [0.2, 0.25) is 5.91 Å². The van der Waals surface area contributed by atoms with Crippen molar-refractivity contribution in [3.63, 3.8) is 0 Å². The molecule has 2 N–H and O–H groups in total. The highest BCUT2D eigenvalue weighted by atomic mass is 16.2. The number of nitrogens with one attached hydrogen (secondary N) is 2. The molecule has 1 atom stereocenters. The molecule has 1 aliphatic rings. The van der Waals surface area contributed by atoms with Crippen LogP contribution in [0.25, 0.3) is 0 Å². The molecule has 1 fully saturated rings. The van der Waals surface area contributed by atoms with Gasteiger partial charge < -0.3 is 5.32 Å². The van der Waals surface area contributed by atoms with E-state index < -0.39 is 0 Å². The minimum absolute atomic E-state index is 0.0487. The molecule has 1 saturated heterocycles. The lowest BCUT2D eigenvalue weighted by atomic mass is 10.3. The standard InChI is InChI=1S/C8H17N3O/c1-3-9-8(12)7(2)11-6-4-5-10-11/h7,10H,3-6H2,1-2H3,(H,9,12). The number of hydrogen-bond donors (Lipinski definition) is 2. The Kier molecular flexibility index (Phi) is 3.49. The van der Waals surface area contributed by atoms with Crippen molar-refractivity contribution in [3.8, 4) is 0 Å². The first-order chi connectivity index (χ1) is 5.75. The lowest BCUT2D eigenvalue weighted by Gasteiger charge is -2.22. The summed E-state index contributed by atoms with van der Waals surface area (Å²) < 4.78 is 0. The highest BCUT2D eigenvalue weighted by Crippen LogP contribution is 2.02. The molecule has 0 bridgehead atoms. The third-order valence-electron chi connectivity index (χ3n) is 2.09. The summed E-state index contributed by atoms with van der Waals surface area (Å²) in [5, 5.41) is 4.79. The van der Waals surface area contributed by atoms with Crippen molar-refractivity contribution in [1.29, 1.82) is 0 Å². The van der Waals surface area contributed by atoms with Gasteiger partial charge in [0.05, 0.1) is 0 Å². The Balaban J connectivity index is 2.34. The maximum Gasteiger partial charge on any atom is 0.238 e. The SMILES string of the molecule is CCNC(=O)C(C)N1CCCN1. The van der Waals surface area contributed by atoms with Crippen LogP contribution < -0.4 is 10.7 Å². The molecule has 0 radical (unpaired) electrons. The smallest absolute Gasteiger partial charge is 0.238 e. The van der Waals surface area contributed by atoms with Crippen LogP contribution in [0.3, 0.4) is 0 Å². The molecule has 1 amide bonds. The molecule has 4 heteroatoms. The van der Waals surface area contributed by atoms with Gasteiger partial charge in [0, 0.05) is 19.6 Å². The molecule has 0 aliphatic carbocycles. The predicted octanol–water partition coefficient (Wildman–Crippen LogP) is -0.279. The largest absolute Gasteiger partial charge is 0.355 e. The van der Waals surface area contributed by atoms with Crippen LogP contribution in [0, 0.1) is 0 Å². The molecule has 1 aliphatic heterocycles. The zero-order valence-electron chi connectivity index (χ0n) is 7.76. The highest BCUT2D eigenvalue weighted by molar-refractivity contribution is 5.81. The minimum atomic E-state index is -0.0487. The quantitative estimate of drug-likeness (QED) is 0.614. The number of likely N-dealkylation sites (N-methyl/N-ethyl adjacent to an activating group) is 1. The molecule has 1 heterocycles. The Morgan fingerprint density at radius 1 is 1.75 bits per heavy atom. The molecular weight excluding hydrogens is 154 g/mol. The molecule has 70 valence electrons. The maximum atomic E-state index is 11.3. The molecule has 0 aromatic heterocycles. The van der Waals surface area contributed by atoms with Crippen molar-refractivity contribution in [1.82, 2.24) is 15.8 Å². The number of carbonyl (C=O) groups excluding carboxylic acids is 1. The Bertz CT molecular complexity index is 154. The first-order valence-corrected chi connectivity index (χ1v) is 4.53. The number of amides is 1. The highest BCUT2D eigenvalue weighted by Gasteiger charge is 2.22. The average Bonchev–Trinajstić information content (AvgIpc) is 2.55. The molecule has 0 spiro atoms. The van der Waals surface area contributed by atoms with E-state index in [0.717, 1.165) is 19.5 Å². The van der Waals surface area contributed by atoms with Crippen LogP contribution in [0.5, 0.6) is 0 Å². The van der Waals surface area contributed by atoms with E-state index in [4.69, 9.17) is 0 Å². The Morgan fingerprint density at radius 2 is 2.50 bits per heavy atom. The van der Waals surface area contributed by atoms with Gasteiger partial charge in [0.15, 0.2) is 0 Å². The Hall–Kier alpha value is -0.610. The van der Waals surface area contributed by atoms with Crippen LogP contribution in [-0.2, 0) is 4.79 Å². The first kappa shape index (κ1) is 9.48. The van der Waals surface area contributed by atoms with Crippen molar-refractivity contribution in [3.05, 3.63) is 0 Å². The average molecular weight is 171 g/mol. The second-order valence-electron chi connectivity index (χ2n) is 3.03. The molecule has 0 saturated carbocycles. The van der Waals surface area contributed by atoms with E-state index in [1.165, 1.54) is 0 Å². The fourth-order valence-electron chi connectivity index (χ4n) is 1.35. The summed E-state index contributed by atoms with van der Waals surface area (Å²) in [6, 6.07) is -0.0487. The number of hydrogen-bond acceptors (Lipinski definition) is 3. The summed E-state index contributed by atoms with van der Waals surface area (Å²) >= 11 is 0. The molecule has 12 heavy (non-hydrogen) atoms. The van der Waals surface area contributed by atoms with Gasteiger partial charge in [-0.15, -0.1) is 0 Å². The third-order valence-corrected chi connectivity index (χ3v) is 2.09. The van der Waals surface area contributed by atoms with E-state index >= 15 is 0 Å². The van der Waals surface area contributed by atoms with E-state index in [1.54, 1.807) is 0 Å². The van der Waals surface area contributed by atoms with Gasteiger partial charge in [-0.05, 0) is 20.3 Å². The number of carbonyl (C=O) groups is 1. The predicted molar refractivity (Wildman–Crippen MR) is 47.5 cm³/mol. The van der Waals surface area contributed by atoms with Crippen molar-refractivity contribution in [2.75, 3.05) is 19.6 Å². The van der Waals surface area contributed by atoms with Crippen molar-refractivity contribution < 1.29 is 4.79 Å². The molecule has 1 unspecified atom stereocenters. The summed E-state index contributed by atoms with van der Waals surface area (Å²) in [5.41, 5.74) is 3.17. The van der Waals surface area contributed by atoms with Gasteiger partial charge >= 0.3 is 0 Å². The number of nitrogens with zero attached hydrogens (tertiary/aromatic N) is 1. The maximum absolute atomic E-state index is 11.3. The van der Waals surface area contributed by atoms with Crippen LogP contribution in [0.1, 0.15) is 20.3 Å². The van der Waals surface area contributed by atoms with E-state index in [9.17, 15) is 4.79 Å². The van der Waals surface area contributed by atoms with Gasteiger partial charge in [-0.25, -0.2) is 5.01 Å². The summed E-state index contributed by atoms with van der Waals surface area (Å²) in [5.74, 6) is 0.104. The van der Waals surface area contributed by atoms with Crippen molar-refractivity contribution >= 4 is 5.91 Å². The van der Waals surface area contributed by atoms with E-state index in [0.29, 0.717) is 6.54 Å². The second-order valence-corrected chi connectivity index (χ2v) is 3.03. The van der Waals surface area contributed by atoms with Crippen LogP contribution >= 0.6 is 0 Å². The minimum Gasteiger partial charge on any atom is -0.355 e. The van der Waals surface area contributed by atoms with Crippen LogP contribution in [-0.4, -0.2) is 36.6 Å². The van der Waals surface area contributed by atoms with E-state index in [1.807, 2.05) is 18.9 Å². The lowest BCUT2D eigenvalue weighted by Crippen LogP contribution is -2.48. The van der Waals surface area contributed by atoms with Gasteiger partial charge in [-0.2, -0.15) is 0 Å². The lowest BCUT2D eigenvalue weighted by molar-refractivity contribution is -0.126. The topological polar surface area (TPSA) is 44.4 Å². The van der Waals surface area contributed by atoms with Gasteiger partial charge in [-0.1, -0.05) is 0 Å². The normalized spacial score (nSPS) is 20.8. The monoisotopic (exact) mass is 171 g/mol. The Morgan fingerprint density at radius 3 is 3.00 bits per heavy atom. The van der Waals surface area contributed by atoms with Crippen LogP contribution in [0.15, 0.2) is 0 Å². The number of hydrazine groups is 1. The first-order valence-electron chi connectivity index (χ1n) is 4.53. The van der Waals surface area contributed by atoms with Gasteiger partial charge in [-0.3, -0.25) is 10.2 Å². The number of rotatable bonds is 3. The van der Waals surface area contributed by atoms with Crippen LogP contribution in [0.2, 0.25) is 0 Å². The van der Waals surface area contributed by atoms with Gasteiger partial charge in [0.25, 0.3) is 0 Å².